The van der Waals surface area contributed by atoms with Gasteiger partial charge in [-0.3, -0.25) is 4.79 Å². The third kappa shape index (κ3) is 4.65. The molecule has 0 bridgehead atoms. The smallest absolute Gasteiger partial charge is 0.330 e. The van der Waals surface area contributed by atoms with Crippen LogP contribution in [0.3, 0.4) is 0 Å². The second kappa shape index (κ2) is 8.22. The third-order valence-electron chi connectivity index (χ3n) is 4.61. The minimum absolute atomic E-state index is 0.407. The van der Waals surface area contributed by atoms with Gasteiger partial charge in [0, 0.05) is 24.3 Å². The first-order valence-corrected chi connectivity index (χ1v) is 8.98. The molecule has 0 aromatic heterocycles. The van der Waals surface area contributed by atoms with Gasteiger partial charge in [-0.1, -0.05) is 29.3 Å². The molecule has 1 aliphatic rings. The summed E-state index contributed by atoms with van der Waals surface area (Å²) < 4.78 is 5.35. The van der Waals surface area contributed by atoms with Gasteiger partial charge >= 0.3 is 5.97 Å². The van der Waals surface area contributed by atoms with Gasteiger partial charge < -0.3 is 20.1 Å². The van der Waals surface area contributed by atoms with Crippen LogP contribution in [0.25, 0.3) is 0 Å². The van der Waals surface area contributed by atoms with E-state index in [4.69, 9.17) is 4.74 Å². The summed E-state index contributed by atoms with van der Waals surface area (Å²) in [6, 6.07) is 11.7. The molecule has 2 aromatic carbocycles. The lowest BCUT2D eigenvalue weighted by Crippen LogP contribution is -2.36. The molecule has 1 aliphatic heterocycles. The number of carbonyl (C=O) groups is 2. The van der Waals surface area contributed by atoms with Crippen molar-refractivity contribution in [3.05, 3.63) is 64.7 Å². The molecule has 2 N–H and O–H groups in total. The number of nitrogens with zero attached hydrogens (tertiary/aromatic N) is 1. The van der Waals surface area contributed by atoms with Crippen LogP contribution in [0.2, 0.25) is 0 Å². The standard InChI is InChI=1S/C21H24N2O4/c1-14-11-15(2)13-17(12-14)19(21(25)26)22-20(24)16-3-5-18(6-4-16)23-7-9-27-10-8-23/h3-6,11-13,19H,7-10H2,1-2H3,(H,22,24)(H,25,26). The van der Waals surface area contributed by atoms with Gasteiger partial charge in [0.15, 0.2) is 6.04 Å². The van der Waals surface area contributed by atoms with Crippen LogP contribution in [-0.4, -0.2) is 43.3 Å². The van der Waals surface area contributed by atoms with Gasteiger partial charge in [0.25, 0.3) is 5.91 Å². The molecule has 27 heavy (non-hydrogen) atoms. The van der Waals surface area contributed by atoms with E-state index in [1.165, 1.54) is 0 Å². The van der Waals surface area contributed by atoms with E-state index in [2.05, 4.69) is 10.2 Å². The van der Waals surface area contributed by atoms with Crippen LogP contribution in [0.5, 0.6) is 0 Å². The molecule has 1 heterocycles. The average Bonchev–Trinajstić information content (AvgIpc) is 2.65. The van der Waals surface area contributed by atoms with Gasteiger partial charge in [-0.15, -0.1) is 0 Å². The fourth-order valence-corrected chi connectivity index (χ4v) is 3.32. The summed E-state index contributed by atoms with van der Waals surface area (Å²) >= 11 is 0. The maximum atomic E-state index is 12.6. The van der Waals surface area contributed by atoms with Crippen LogP contribution in [0, 0.1) is 13.8 Å². The first-order valence-electron chi connectivity index (χ1n) is 8.98. The van der Waals surface area contributed by atoms with E-state index >= 15 is 0 Å². The van der Waals surface area contributed by atoms with E-state index in [0.29, 0.717) is 24.3 Å². The Morgan fingerprint density at radius 1 is 1.04 bits per heavy atom. The third-order valence-corrected chi connectivity index (χ3v) is 4.61. The van der Waals surface area contributed by atoms with Crippen molar-refractivity contribution in [1.82, 2.24) is 5.32 Å². The topological polar surface area (TPSA) is 78.9 Å². The first-order chi connectivity index (χ1) is 12.9. The molecule has 6 nitrogen and oxygen atoms in total. The molecule has 3 rings (SSSR count). The zero-order valence-corrected chi connectivity index (χ0v) is 15.6. The summed E-state index contributed by atoms with van der Waals surface area (Å²) in [6.45, 7) is 6.83. The molecule has 0 spiro atoms. The van der Waals surface area contributed by atoms with Crippen molar-refractivity contribution in [3.63, 3.8) is 0 Å². The predicted molar refractivity (Wildman–Crippen MR) is 103 cm³/mol. The SMILES string of the molecule is Cc1cc(C)cc(C(NC(=O)c2ccc(N3CCOCC3)cc2)C(=O)O)c1. The van der Waals surface area contributed by atoms with Crippen LogP contribution in [0.4, 0.5) is 5.69 Å². The van der Waals surface area contributed by atoms with Gasteiger partial charge in [0.1, 0.15) is 0 Å². The van der Waals surface area contributed by atoms with E-state index in [1.807, 2.05) is 32.0 Å². The summed E-state index contributed by atoms with van der Waals surface area (Å²) in [5.41, 5.74) is 3.94. The number of nitrogens with one attached hydrogen (secondary N) is 1. The molecule has 2 aromatic rings. The lowest BCUT2D eigenvalue weighted by Gasteiger charge is -2.28. The quantitative estimate of drug-likeness (QED) is 0.848. The van der Waals surface area contributed by atoms with Crippen molar-refractivity contribution in [3.8, 4) is 0 Å². The fraction of sp³-hybridized carbons (Fsp3) is 0.333. The highest BCUT2D eigenvalue weighted by Gasteiger charge is 2.23. The Morgan fingerprint density at radius 3 is 2.19 bits per heavy atom. The largest absolute Gasteiger partial charge is 0.479 e. The van der Waals surface area contributed by atoms with Crippen molar-refractivity contribution in [2.75, 3.05) is 31.2 Å². The number of amides is 1. The number of carboxylic acids is 1. The summed E-state index contributed by atoms with van der Waals surface area (Å²) in [4.78, 5) is 26.5. The Balaban J connectivity index is 1.74. The van der Waals surface area contributed by atoms with Crippen molar-refractivity contribution in [2.24, 2.45) is 0 Å². The Morgan fingerprint density at radius 2 is 1.63 bits per heavy atom. The zero-order chi connectivity index (χ0) is 19.4. The number of aliphatic carboxylic acids is 1. The molecular formula is C21H24N2O4. The van der Waals surface area contributed by atoms with Gasteiger partial charge in [0.2, 0.25) is 0 Å². The van der Waals surface area contributed by atoms with E-state index in [0.717, 1.165) is 29.9 Å². The highest BCUT2D eigenvalue weighted by atomic mass is 16.5. The molecular weight excluding hydrogens is 344 g/mol. The molecule has 1 saturated heterocycles. The van der Waals surface area contributed by atoms with Gasteiger partial charge in [-0.25, -0.2) is 4.79 Å². The van der Waals surface area contributed by atoms with Crippen molar-refractivity contribution < 1.29 is 19.4 Å². The number of morpholine rings is 1. The van der Waals surface area contributed by atoms with Gasteiger partial charge in [-0.2, -0.15) is 0 Å². The second-order valence-electron chi connectivity index (χ2n) is 6.81. The van der Waals surface area contributed by atoms with Crippen LogP contribution in [-0.2, 0) is 9.53 Å². The van der Waals surface area contributed by atoms with E-state index in [9.17, 15) is 14.7 Å². The van der Waals surface area contributed by atoms with Crippen LogP contribution in [0.1, 0.15) is 33.1 Å². The summed E-state index contributed by atoms with van der Waals surface area (Å²) in [5, 5.41) is 12.2. The molecule has 1 fully saturated rings. The maximum absolute atomic E-state index is 12.6. The number of ether oxygens (including phenoxy) is 1. The Labute approximate surface area is 158 Å². The molecule has 0 radical (unpaired) electrons. The van der Waals surface area contributed by atoms with E-state index in [-0.39, 0.29) is 0 Å². The normalized spacial score (nSPS) is 15.3. The van der Waals surface area contributed by atoms with Crippen LogP contribution < -0.4 is 10.2 Å². The van der Waals surface area contributed by atoms with Crippen LogP contribution >= 0.6 is 0 Å². The molecule has 0 saturated carbocycles. The number of benzene rings is 2. The van der Waals surface area contributed by atoms with E-state index < -0.39 is 17.9 Å². The zero-order valence-electron chi connectivity index (χ0n) is 15.6. The molecule has 0 aliphatic carbocycles. The Hall–Kier alpha value is -2.86. The molecule has 1 amide bonds. The van der Waals surface area contributed by atoms with E-state index in [1.54, 1.807) is 24.3 Å². The Bertz CT molecular complexity index is 806. The maximum Gasteiger partial charge on any atom is 0.330 e. The number of aryl methyl sites for hydroxylation is 2. The summed E-state index contributed by atoms with van der Waals surface area (Å²) in [7, 11) is 0. The number of hydrogen-bond donors (Lipinski definition) is 2. The van der Waals surface area contributed by atoms with Crippen LogP contribution in [0.15, 0.2) is 42.5 Å². The van der Waals surface area contributed by atoms with Gasteiger partial charge in [-0.05, 0) is 43.7 Å². The Kier molecular flexibility index (Phi) is 5.76. The minimum atomic E-state index is -1.09. The number of rotatable bonds is 5. The number of anilines is 1. The van der Waals surface area contributed by atoms with Crippen molar-refractivity contribution in [1.29, 1.82) is 0 Å². The molecule has 142 valence electrons. The lowest BCUT2D eigenvalue weighted by molar-refractivity contribution is -0.139. The summed E-state index contributed by atoms with van der Waals surface area (Å²) in [5.74, 6) is -1.49. The average molecular weight is 368 g/mol. The molecule has 1 atom stereocenters. The number of carbonyl (C=O) groups excluding carboxylic acids is 1. The van der Waals surface area contributed by atoms with Gasteiger partial charge in [0.05, 0.1) is 13.2 Å². The highest BCUT2D eigenvalue weighted by molar-refractivity contribution is 5.97. The molecule has 1 unspecified atom stereocenters. The number of carboxylic acid groups (broad SMARTS) is 1. The summed E-state index contributed by atoms with van der Waals surface area (Å²) in [6.07, 6.45) is 0. The lowest BCUT2D eigenvalue weighted by atomic mass is 10.0. The van der Waals surface area contributed by atoms with Crippen molar-refractivity contribution in [2.45, 2.75) is 19.9 Å². The molecule has 6 heteroatoms. The monoisotopic (exact) mass is 368 g/mol. The minimum Gasteiger partial charge on any atom is -0.479 e. The fourth-order valence-electron chi connectivity index (χ4n) is 3.32. The number of hydrogen-bond acceptors (Lipinski definition) is 4. The van der Waals surface area contributed by atoms with Crippen molar-refractivity contribution >= 4 is 17.6 Å². The second-order valence-corrected chi connectivity index (χ2v) is 6.81. The highest BCUT2D eigenvalue weighted by Crippen LogP contribution is 2.20. The predicted octanol–water partition coefficient (Wildman–Crippen LogP) is 2.70. The first kappa shape index (κ1) is 18.9.